The van der Waals surface area contributed by atoms with Gasteiger partial charge in [0.25, 0.3) is 0 Å². The van der Waals surface area contributed by atoms with Gasteiger partial charge in [0.05, 0.1) is 11.4 Å². The van der Waals surface area contributed by atoms with Crippen molar-refractivity contribution in [3.63, 3.8) is 0 Å². The number of rotatable bonds is 2. The van der Waals surface area contributed by atoms with Crippen molar-refractivity contribution in [1.29, 1.82) is 0 Å². The van der Waals surface area contributed by atoms with Gasteiger partial charge in [-0.15, -0.1) is 0 Å². The van der Waals surface area contributed by atoms with E-state index < -0.39 is 57.7 Å². The molecule has 0 saturated heterocycles. The van der Waals surface area contributed by atoms with E-state index in [1.165, 1.54) is 9.80 Å². The average molecular weight is 654 g/mol. The molecule has 2 amide bonds. The van der Waals surface area contributed by atoms with Crippen LogP contribution in [0.2, 0.25) is 0 Å². The Bertz CT molecular complexity index is 2850. The van der Waals surface area contributed by atoms with Crippen molar-refractivity contribution in [3.05, 3.63) is 130 Å². The normalized spacial score (nSPS) is 27.1. The summed E-state index contributed by atoms with van der Waals surface area (Å²) in [6.07, 6.45) is -13.0. The van der Waals surface area contributed by atoms with E-state index in [0.29, 0.717) is 55.4 Å². The van der Waals surface area contributed by atoms with E-state index in [9.17, 15) is 5.48 Å². The molecule has 50 heavy (non-hydrogen) atoms. The molecule has 3 aliphatic heterocycles. The Labute approximate surface area is 311 Å². The number of hydrogen-bond acceptors (Lipinski definition) is 1. The molecule has 0 N–H and O–H groups in total. The molecular formula is C45H36B2N2O. The summed E-state index contributed by atoms with van der Waals surface area (Å²) in [4.78, 5) is 19.1. The van der Waals surface area contributed by atoms with Crippen LogP contribution in [-0.4, -0.2) is 19.5 Å². The Morgan fingerprint density at radius 2 is 0.860 bits per heavy atom. The summed E-state index contributed by atoms with van der Waals surface area (Å²) in [6.45, 7) is -1.40. The lowest BCUT2D eigenvalue weighted by atomic mass is 9.33. The molecule has 3 heterocycles. The third-order valence-corrected chi connectivity index (χ3v) is 11.4. The first-order chi connectivity index (χ1) is 29.2. The van der Waals surface area contributed by atoms with Gasteiger partial charge in [-0.2, -0.15) is 0 Å². The predicted octanol–water partition coefficient (Wildman–Crippen LogP) is 5.77. The summed E-state index contributed by atoms with van der Waals surface area (Å²) in [5.74, 6) is 0. The smallest absolute Gasteiger partial charge is 0.263 e. The van der Waals surface area contributed by atoms with Crippen LogP contribution in [0.3, 0.4) is 0 Å². The third kappa shape index (κ3) is 3.55. The number of hydrogen-bond donors (Lipinski definition) is 0. The maximum atomic E-state index is 16.1. The number of aryl methyl sites for hydroxylation is 6. The van der Waals surface area contributed by atoms with Crippen LogP contribution in [0.25, 0.3) is 10.8 Å². The Balaban J connectivity index is 1.29. The summed E-state index contributed by atoms with van der Waals surface area (Å²) in [6, 6.07) is 28.2. The van der Waals surface area contributed by atoms with Gasteiger partial charge in [-0.05, 0) is 137 Å². The lowest BCUT2D eigenvalue weighted by Gasteiger charge is -2.47. The summed E-state index contributed by atoms with van der Waals surface area (Å²) >= 11 is 0. The molecule has 238 valence electrons. The summed E-state index contributed by atoms with van der Waals surface area (Å²) < 4.78 is 111. The fourth-order valence-corrected chi connectivity index (χ4v) is 9.41. The van der Waals surface area contributed by atoms with Crippen molar-refractivity contribution in [1.82, 2.24) is 0 Å². The Hall–Kier alpha value is -5.02. The number of urea groups is 1. The highest BCUT2D eigenvalue weighted by Gasteiger charge is 2.49. The van der Waals surface area contributed by atoms with Gasteiger partial charge >= 0.3 is 6.03 Å². The van der Waals surface area contributed by atoms with Crippen molar-refractivity contribution in [2.45, 2.75) is 63.9 Å². The van der Waals surface area contributed by atoms with Gasteiger partial charge in [0.2, 0.25) is 13.4 Å². The van der Waals surface area contributed by atoms with E-state index in [-0.39, 0.29) is 59.1 Å². The monoisotopic (exact) mass is 654 g/mol. The first kappa shape index (κ1) is 18.8. The molecule has 6 aromatic carbocycles. The predicted molar refractivity (Wildman–Crippen MR) is 209 cm³/mol. The fourth-order valence-electron chi connectivity index (χ4n) is 9.41. The molecule has 6 aromatic rings. The van der Waals surface area contributed by atoms with Crippen LogP contribution in [0.4, 0.5) is 27.5 Å². The maximum Gasteiger partial charge on any atom is 0.338 e. The zero-order valence-electron chi connectivity index (χ0n) is 39.0. The Morgan fingerprint density at radius 3 is 1.30 bits per heavy atom. The Morgan fingerprint density at radius 1 is 0.460 bits per heavy atom. The van der Waals surface area contributed by atoms with Crippen LogP contribution in [0.15, 0.2) is 97.1 Å². The molecule has 3 aliphatic carbocycles. The largest absolute Gasteiger partial charge is 0.338 e. The molecule has 0 aromatic heterocycles. The highest BCUT2D eigenvalue weighted by atomic mass is 16.2. The van der Waals surface area contributed by atoms with Crippen molar-refractivity contribution >= 4 is 85.8 Å². The molecule has 6 aliphatic rings. The van der Waals surface area contributed by atoms with Gasteiger partial charge in [-0.3, -0.25) is 9.80 Å². The second kappa shape index (κ2) is 10.0. The number of benzene rings is 6. The molecular weight excluding hydrogens is 606 g/mol. The molecule has 0 radical (unpaired) electrons. The van der Waals surface area contributed by atoms with Crippen LogP contribution in [0.1, 0.15) is 75.5 Å². The third-order valence-electron chi connectivity index (χ3n) is 11.4. The number of amides is 2. The van der Waals surface area contributed by atoms with Gasteiger partial charge in [0.1, 0.15) is 0 Å². The lowest BCUT2D eigenvalue weighted by Crippen LogP contribution is -2.64. The van der Waals surface area contributed by atoms with Gasteiger partial charge in [-0.1, -0.05) is 95.9 Å². The van der Waals surface area contributed by atoms with Crippen molar-refractivity contribution in [2.24, 2.45) is 0 Å². The van der Waals surface area contributed by atoms with Crippen LogP contribution in [0, 0.1) is 0 Å². The summed E-state index contributed by atoms with van der Waals surface area (Å²) in [7, 11) is 0. The van der Waals surface area contributed by atoms with E-state index in [0.717, 1.165) is 10.9 Å². The molecule has 0 bridgehead atoms. The van der Waals surface area contributed by atoms with E-state index >= 15 is 4.79 Å². The molecule has 0 atom stereocenters. The minimum atomic E-state index is -2.55. The van der Waals surface area contributed by atoms with E-state index in [1.807, 2.05) is 60.7 Å². The Kier molecular flexibility index (Phi) is 3.78. The van der Waals surface area contributed by atoms with Gasteiger partial charge in [0, 0.05) is 33.2 Å². The van der Waals surface area contributed by atoms with Crippen LogP contribution >= 0.6 is 0 Å². The maximum absolute atomic E-state index is 16.1. The quantitative estimate of drug-likeness (QED) is 0.218. The standard InChI is InChI=1S/C45H36B2N2O/c50-45-48-39-25-29-13-9-7-11-27(29)21-35(39)46(33-15-3-1-4-16-33)37-23-31-19-20-32-24-38-44(42(41(31)32)43(37)48)49(45)40-26-30-14-10-8-12-28(30)22-36(40)47(38)34-17-5-2-6-18-34/h1-6,15-18,21-26H,7-14,19-20H2/i11D2,12D2,13D2,14D2,19D2,20D2. The first-order valence-electron chi connectivity index (χ1n) is 23.5. The molecule has 12 rings (SSSR count). The van der Waals surface area contributed by atoms with Gasteiger partial charge < -0.3 is 0 Å². The molecule has 0 spiro atoms. The molecule has 3 nitrogen and oxygen atoms in total. The molecule has 5 heteroatoms. The molecule has 0 unspecified atom stereocenters. The zero-order chi connectivity index (χ0) is 43.4. The molecule has 0 saturated carbocycles. The van der Waals surface area contributed by atoms with E-state index in [4.69, 9.17) is 11.0 Å². The lowest BCUT2D eigenvalue weighted by molar-refractivity contribution is 0.255. The van der Waals surface area contributed by atoms with Crippen LogP contribution in [-0.2, 0) is 38.2 Å². The number of carbonyl (C=O) groups excluding carboxylic acids is 1. The highest BCUT2D eigenvalue weighted by Crippen LogP contribution is 2.51. The fraction of sp³-hybridized carbons (Fsp3) is 0.222. The second-order valence-corrected chi connectivity index (χ2v) is 14.0. The SMILES string of the molecule is [2H]C1([2H])CCC([2H])([2H])c2cc3c(cc21)B(c1ccccc1)c1cc2c4c(cc5c6c4c1N3C(=O)N6c1cc3c(cc1B5c1ccccc1)C([2H])([2H])CCC3([2H])[2H])C([2H])([2H])C2([2H])[2H]. The second-order valence-electron chi connectivity index (χ2n) is 14.0. The van der Waals surface area contributed by atoms with Crippen molar-refractivity contribution in [2.75, 3.05) is 9.80 Å². The van der Waals surface area contributed by atoms with Crippen molar-refractivity contribution < 1.29 is 21.2 Å². The number of nitrogens with zero attached hydrogens (tertiary/aromatic N) is 2. The first-order valence-corrected chi connectivity index (χ1v) is 17.5. The van der Waals surface area contributed by atoms with E-state index in [2.05, 4.69) is 0 Å². The molecule has 0 fully saturated rings. The van der Waals surface area contributed by atoms with Crippen molar-refractivity contribution in [3.8, 4) is 0 Å². The van der Waals surface area contributed by atoms with Crippen LogP contribution < -0.4 is 42.6 Å². The number of anilines is 4. The summed E-state index contributed by atoms with van der Waals surface area (Å²) in [5, 5.41) is 0.778. The number of fused-ring (bicyclic) bond motifs is 6. The minimum absolute atomic E-state index is 0.0527. The minimum Gasteiger partial charge on any atom is -0.263 e. The van der Waals surface area contributed by atoms with E-state index in [1.54, 1.807) is 36.4 Å². The number of carbonyl (C=O) groups is 1. The van der Waals surface area contributed by atoms with Gasteiger partial charge in [0.15, 0.2) is 0 Å². The summed E-state index contributed by atoms with van der Waals surface area (Å²) in [5.41, 5.74) is 5.96. The average Bonchev–Trinajstić information content (AvgIpc) is 3.38. The van der Waals surface area contributed by atoms with Crippen LogP contribution in [0.5, 0.6) is 0 Å². The topological polar surface area (TPSA) is 23.6 Å². The highest BCUT2D eigenvalue weighted by molar-refractivity contribution is 7.00. The zero-order valence-corrected chi connectivity index (χ0v) is 27.0. The van der Waals surface area contributed by atoms with Gasteiger partial charge in [-0.25, -0.2) is 4.79 Å².